The quantitative estimate of drug-likeness (QED) is 0.467. The van der Waals surface area contributed by atoms with Crippen LogP contribution in [0.3, 0.4) is 0 Å². The minimum absolute atomic E-state index is 0.0400. The molecular formula is C18H20Cl2FN5O3S2. The molecular weight excluding hydrogens is 488 g/mol. The molecule has 3 N–H and O–H groups in total. The molecule has 0 saturated heterocycles. The van der Waals surface area contributed by atoms with E-state index < -0.39 is 28.4 Å². The van der Waals surface area contributed by atoms with Gasteiger partial charge in [-0.05, 0) is 25.5 Å². The summed E-state index contributed by atoms with van der Waals surface area (Å²) in [7, 11) is -3.80. The Labute approximate surface area is 193 Å². The third-order valence-electron chi connectivity index (χ3n) is 4.37. The number of rotatable bonds is 9. The fourth-order valence-electron chi connectivity index (χ4n) is 2.94. The van der Waals surface area contributed by atoms with E-state index >= 15 is 0 Å². The van der Waals surface area contributed by atoms with E-state index in [1.807, 2.05) is 6.92 Å². The van der Waals surface area contributed by atoms with E-state index in [-0.39, 0.29) is 33.7 Å². The Hall–Kier alpha value is -1.82. The van der Waals surface area contributed by atoms with Crippen LogP contribution in [0.1, 0.15) is 25.0 Å². The van der Waals surface area contributed by atoms with Gasteiger partial charge >= 0.3 is 0 Å². The Morgan fingerprint density at radius 1 is 1.32 bits per heavy atom. The van der Waals surface area contributed by atoms with Crippen molar-refractivity contribution in [2.45, 2.75) is 24.2 Å². The molecule has 0 saturated carbocycles. The largest absolute Gasteiger partial charge is 0.369 e. The van der Waals surface area contributed by atoms with Crippen molar-refractivity contribution < 1.29 is 17.6 Å². The third-order valence-corrected chi connectivity index (χ3v) is 7.62. The van der Waals surface area contributed by atoms with E-state index in [1.54, 1.807) is 0 Å². The zero-order valence-electron chi connectivity index (χ0n) is 16.4. The first kappa shape index (κ1) is 23.8. The Bertz CT molecular complexity index is 1090. The molecule has 13 heteroatoms. The molecule has 0 aliphatic carbocycles. The number of carbonyl (C=O) groups is 1. The first-order chi connectivity index (χ1) is 14.8. The summed E-state index contributed by atoms with van der Waals surface area (Å²) in [6.07, 6.45) is 1.26. The maximum atomic E-state index is 13.0. The number of nitrogens with zero attached hydrogens (tertiary/aromatic N) is 2. The highest BCUT2D eigenvalue weighted by Crippen LogP contribution is 2.43. The SMILES string of the molecule is CCNc1ncnc2c1SCC2C(=O)Nc1c(Cl)ccc(NS(=O)(=O)CCCF)c1Cl. The van der Waals surface area contributed by atoms with Gasteiger partial charge in [0.2, 0.25) is 15.9 Å². The maximum absolute atomic E-state index is 13.0. The van der Waals surface area contributed by atoms with Crippen LogP contribution in [0.5, 0.6) is 0 Å². The van der Waals surface area contributed by atoms with E-state index in [1.165, 1.54) is 30.2 Å². The van der Waals surface area contributed by atoms with Gasteiger partial charge in [0.15, 0.2) is 0 Å². The molecule has 2 aromatic rings. The molecule has 1 aliphatic rings. The van der Waals surface area contributed by atoms with Crippen molar-refractivity contribution in [3.05, 3.63) is 34.2 Å². The molecule has 1 aliphatic heterocycles. The molecule has 168 valence electrons. The molecule has 8 nitrogen and oxygen atoms in total. The highest BCUT2D eigenvalue weighted by molar-refractivity contribution is 7.99. The smallest absolute Gasteiger partial charge is 0.234 e. The zero-order valence-corrected chi connectivity index (χ0v) is 19.6. The van der Waals surface area contributed by atoms with Crippen molar-refractivity contribution >= 4 is 68.1 Å². The maximum Gasteiger partial charge on any atom is 0.234 e. The number of anilines is 3. The number of thioether (sulfide) groups is 1. The normalized spacial score (nSPS) is 15.4. The molecule has 2 heterocycles. The van der Waals surface area contributed by atoms with E-state index in [2.05, 4.69) is 25.3 Å². The van der Waals surface area contributed by atoms with E-state index in [0.29, 0.717) is 23.8 Å². The summed E-state index contributed by atoms with van der Waals surface area (Å²) in [5, 5.41) is 5.92. The molecule has 0 spiro atoms. The molecule has 31 heavy (non-hydrogen) atoms. The Morgan fingerprint density at radius 2 is 2.10 bits per heavy atom. The van der Waals surface area contributed by atoms with Crippen LogP contribution >= 0.6 is 35.0 Å². The minimum Gasteiger partial charge on any atom is -0.369 e. The first-order valence-electron chi connectivity index (χ1n) is 9.34. The van der Waals surface area contributed by atoms with Crippen molar-refractivity contribution in [2.24, 2.45) is 0 Å². The predicted molar refractivity (Wildman–Crippen MR) is 123 cm³/mol. The van der Waals surface area contributed by atoms with Crippen LogP contribution in [0.25, 0.3) is 0 Å². The van der Waals surface area contributed by atoms with Crippen molar-refractivity contribution in [3.63, 3.8) is 0 Å². The molecule has 1 atom stereocenters. The number of alkyl halides is 1. The molecule has 1 amide bonds. The summed E-state index contributed by atoms with van der Waals surface area (Å²) in [6, 6.07) is 2.79. The van der Waals surface area contributed by atoms with Gasteiger partial charge < -0.3 is 10.6 Å². The summed E-state index contributed by atoms with van der Waals surface area (Å²) >= 11 is 14.0. The van der Waals surface area contributed by atoms with Crippen LogP contribution in [-0.2, 0) is 14.8 Å². The first-order valence-corrected chi connectivity index (χ1v) is 12.7. The standard InChI is InChI=1S/C18H20Cl2FN5O3S2/c1-2-22-17-16-14(23-9-24-17)10(8-30-16)18(27)25-15-11(19)4-5-12(13(15)20)26-31(28,29)7-3-6-21/h4-5,9-10,26H,2-3,6-8H2,1H3,(H,25,27)(H,22,23,24). The van der Waals surface area contributed by atoms with Gasteiger partial charge in [0, 0.05) is 12.3 Å². The van der Waals surface area contributed by atoms with Gasteiger partial charge in [0.25, 0.3) is 0 Å². The number of fused-ring (bicyclic) bond motifs is 1. The third kappa shape index (κ3) is 5.51. The number of sulfonamides is 1. The van der Waals surface area contributed by atoms with Crippen molar-refractivity contribution in [3.8, 4) is 0 Å². The number of benzene rings is 1. The second kappa shape index (κ2) is 10.2. The number of aromatic nitrogens is 2. The lowest BCUT2D eigenvalue weighted by molar-refractivity contribution is -0.117. The molecule has 1 aromatic carbocycles. The predicted octanol–water partition coefficient (Wildman–Crippen LogP) is 4.14. The molecule has 0 fully saturated rings. The van der Waals surface area contributed by atoms with Gasteiger partial charge in [-0.2, -0.15) is 0 Å². The van der Waals surface area contributed by atoms with E-state index in [0.717, 1.165) is 4.90 Å². The van der Waals surface area contributed by atoms with Crippen LogP contribution < -0.4 is 15.4 Å². The average molecular weight is 508 g/mol. The fraction of sp³-hybridized carbons (Fsp3) is 0.389. The molecule has 3 rings (SSSR count). The van der Waals surface area contributed by atoms with Crippen LogP contribution in [0.2, 0.25) is 10.0 Å². The second-order valence-corrected chi connectivity index (χ2v) is 10.2. The van der Waals surface area contributed by atoms with Gasteiger partial charge in [0.1, 0.15) is 12.1 Å². The monoisotopic (exact) mass is 507 g/mol. The van der Waals surface area contributed by atoms with Crippen molar-refractivity contribution in [2.75, 3.05) is 40.1 Å². The number of carbonyl (C=O) groups excluding carboxylic acids is 1. The summed E-state index contributed by atoms with van der Waals surface area (Å²) in [5.74, 6) is -0.198. The minimum atomic E-state index is -3.80. The van der Waals surface area contributed by atoms with Crippen LogP contribution in [0.15, 0.2) is 23.4 Å². The molecule has 0 bridgehead atoms. The van der Waals surface area contributed by atoms with Crippen LogP contribution in [0.4, 0.5) is 21.6 Å². The van der Waals surface area contributed by atoms with Crippen LogP contribution in [-0.4, -0.2) is 49.0 Å². The summed E-state index contributed by atoms with van der Waals surface area (Å²) in [6.45, 7) is 1.87. The highest BCUT2D eigenvalue weighted by atomic mass is 35.5. The van der Waals surface area contributed by atoms with Crippen LogP contribution in [0, 0.1) is 0 Å². The lowest BCUT2D eigenvalue weighted by atomic mass is 10.1. The molecule has 1 unspecified atom stereocenters. The van der Waals surface area contributed by atoms with Gasteiger partial charge in [-0.25, -0.2) is 18.4 Å². The lowest BCUT2D eigenvalue weighted by Crippen LogP contribution is -2.23. The van der Waals surface area contributed by atoms with E-state index in [4.69, 9.17) is 23.2 Å². The van der Waals surface area contributed by atoms with Gasteiger partial charge in [-0.3, -0.25) is 13.9 Å². The number of halogens is 3. The summed E-state index contributed by atoms with van der Waals surface area (Å²) in [5.41, 5.74) is 0.723. The van der Waals surface area contributed by atoms with Gasteiger partial charge in [0.05, 0.1) is 50.4 Å². The number of amides is 1. The molecule has 1 aromatic heterocycles. The Morgan fingerprint density at radius 3 is 2.81 bits per heavy atom. The Balaban J connectivity index is 1.83. The van der Waals surface area contributed by atoms with Crippen molar-refractivity contribution in [1.82, 2.24) is 9.97 Å². The number of hydrogen-bond acceptors (Lipinski definition) is 7. The van der Waals surface area contributed by atoms with E-state index in [9.17, 15) is 17.6 Å². The second-order valence-electron chi connectivity index (χ2n) is 6.57. The lowest BCUT2D eigenvalue weighted by Gasteiger charge is -2.16. The summed E-state index contributed by atoms with van der Waals surface area (Å²) in [4.78, 5) is 22.3. The fourth-order valence-corrected chi connectivity index (χ4v) is 5.85. The van der Waals surface area contributed by atoms with Crippen molar-refractivity contribution in [1.29, 1.82) is 0 Å². The zero-order chi connectivity index (χ0) is 22.6. The summed E-state index contributed by atoms with van der Waals surface area (Å²) < 4.78 is 38.8. The van der Waals surface area contributed by atoms with Gasteiger partial charge in [-0.15, -0.1) is 11.8 Å². The highest BCUT2D eigenvalue weighted by Gasteiger charge is 2.34. The topological polar surface area (TPSA) is 113 Å². The average Bonchev–Trinajstić information content (AvgIpc) is 3.17. The van der Waals surface area contributed by atoms with Gasteiger partial charge in [-0.1, -0.05) is 23.2 Å². The number of nitrogens with one attached hydrogen (secondary N) is 3. The molecule has 0 radical (unpaired) electrons. The Kier molecular flexibility index (Phi) is 7.84. The number of hydrogen-bond donors (Lipinski definition) is 3.